The summed E-state index contributed by atoms with van der Waals surface area (Å²) < 4.78 is 5.39. The lowest BCUT2D eigenvalue weighted by Crippen LogP contribution is -2.56. The van der Waals surface area contributed by atoms with Crippen LogP contribution >= 0.6 is 0 Å². The molecule has 1 aromatic carbocycles. The zero-order valence-corrected chi connectivity index (χ0v) is 15.7. The first kappa shape index (κ1) is 19.6. The van der Waals surface area contributed by atoms with E-state index in [0.29, 0.717) is 38.4 Å². The maximum Gasteiger partial charge on any atom is 0.340 e. The van der Waals surface area contributed by atoms with Gasteiger partial charge in [-0.05, 0) is 6.07 Å². The van der Waals surface area contributed by atoms with Gasteiger partial charge in [0.1, 0.15) is 11.6 Å². The second-order valence-electron chi connectivity index (χ2n) is 6.52. The lowest BCUT2D eigenvalue weighted by Gasteiger charge is -2.35. The molecular formula is C18H24N6O4. The number of carbonyl (C=O) groups excluding carboxylic acids is 2. The summed E-state index contributed by atoms with van der Waals surface area (Å²) in [5.41, 5.74) is 0.583. The van der Waals surface area contributed by atoms with Crippen LogP contribution in [-0.4, -0.2) is 64.7 Å². The van der Waals surface area contributed by atoms with Crippen LogP contribution in [0.4, 0.5) is 0 Å². The van der Waals surface area contributed by atoms with Crippen LogP contribution in [0.25, 0.3) is 0 Å². The summed E-state index contributed by atoms with van der Waals surface area (Å²) in [4.78, 5) is 40.2. The fourth-order valence-corrected chi connectivity index (χ4v) is 3.22. The molecule has 1 aliphatic rings. The SMILES string of the molecule is COc1ccccc1CN1CCNC(=O)[C@@H]1CC(=O)NCCc1n[nH]c(=O)[nH]1. The highest BCUT2D eigenvalue weighted by atomic mass is 16.5. The number of hydrogen-bond acceptors (Lipinski definition) is 6. The van der Waals surface area contributed by atoms with E-state index < -0.39 is 6.04 Å². The predicted molar refractivity (Wildman–Crippen MR) is 101 cm³/mol. The maximum atomic E-state index is 12.4. The fraction of sp³-hybridized carbons (Fsp3) is 0.444. The molecule has 1 aliphatic heterocycles. The molecule has 1 fully saturated rings. The zero-order chi connectivity index (χ0) is 19.9. The van der Waals surface area contributed by atoms with Crippen LogP contribution in [0, 0.1) is 0 Å². The summed E-state index contributed by atoms with van der Waals surface area (Å²) in [5.74, 6) is 0.834. The summed E-state index contributed by atoms with van der Waals surface area (Å²) in [6, 6.07) is 7.09. The van der Waals surface area contributed by atoms with Crippen LogP contribution in [0.15, 0.2) is 29.1 Å². The number of piperazine rings is 1. The van der Waals surface area contributed by atoms with Crippen molar-refractivity contribution in [2.45, 2.75) is 25.4 Å². The van der Waals surface area contributed by atoms with Gasteiger partial charge < -0.3 is 15.4 Å². The van der Waals surface area contributed by atoms with E-state index in [2.05, 4.69) is 25.8 Å². The molecule has 150 valence electrons. The van der Waals surface area contributed by atoms with E-state index >= 15 is 0 Å². The Balaban J connectivity index is 1.58. The first-order valence-electron chi connectivity index (χ1n) is 9.10. The smallest absolute Gasteiger partial charge is 0.340 e. The Hall–Kier alpha value is -3.14. The Kier molecular flexibility index (Phi) is 6.43. The number of nitrogens with one attached hydrogen (secondary N) is 4. The zero-order valence-electron chi connectivity index (χ0n) is 15.7. The van der Waals surface area contributed by atoms with Gasteiger partial charge in [0.05, 0.1) is 19.6 Å². The first-order chi connectivity index (χ1) is 13.6. The summed E-state index contributed by atoms with van der Waals surface area (Å²) in [5, 5.41) is 11.6. The van der Waals surface area contributed by atoms with E-state index in [0.717, 1.165) is 11.3 Å². The Bertz CT molecular complexity index is 877. The fourth-order valence-electron chi connectivity index (χ4n) is 3.22. The molecule has 2 aromatic rings. The number of para-hydroxylation sites is 1. The number of aromatic nitrogens is 3. The third-order valence-electron chi connectivity index (χ3n) is 4.62. The monoisotopic (exact) mass is 388 g/mol. The van der Waals surface area contributed by atoms with Crippen molar-refractivity contribution < 1.29 is 14.3 Å². The number of nitrogens with zero attached hydrogens (tertiary/aromatic N) is 2. The highest BCUT2D eigenvalue weighted by molar-refractivity contribution is 5.88. The van der Waals surface area contributed by atoms with Gasteiger partial charge in [-0.2, -0.15) is 5.10 Å². The molecule has 0 saturated carbocycles. The van der Waals surface area contributed by atoms with Gasteiger partial charge in [0.15, 0.2) is 0 Å². The van der Waals surface area contributed by atoms with E-state index in [4.69, 9.17) is 4.74 Å². The molecule has 0 bridgehead atoms. The highest BCUT2D eigenvalue weighted by Gasteiger charge is 2.31. The molecule has 2 amide bonds. The number of methoxy groups -OCH3 is 1. The van der Waals surface area contributed by atoms with E-state index in [9.17, 15) is 14.4 Å². The summed E-state index contributed by atoms with van der Waals surface area (Å²) in [6.07, 6.45) is 0.449. The lowest BCUT2D eigenvalue weighted by molar-refractivity contribution is -0.134. The number of hydrogen-bond donors (Lipinski definition) is 4. The molecule has 4 N–H and O–H groups in total. The van der Waals surface area contributed by atoms with Crippen molar-refractivity contribution in [3.8, 4) is 5.75 Å². The summed E-state index contributed by atoms with van der Waals surface area (Å²) >= 11 is 0. The standard InChI is InChI=1S/C18H24N6O4/c1-28-14-5-3-2-4-12(14)11-24-9-8-20-17(26)13(24)10-16(25)19-7-6-15-21-18(27)23-22-15/h2-5,13H,6-11H2,1H3,(H,19,25)(H,20,26)(H2,21,22,23,27)/t13-/m0/s1. The molecule has 0 spiro atoms. The molecule has 10 nitrogen and oxygen atoms in total. The molecule has 0 aliphatic carbocycles. The number of aromatic amines is 2. The second kappa shape index (κ2) is 9.18. The van der Waals surface area contributed by atoms with Gasteiger partial charge in [-0.3, -0.25) is 19.5 Å². The molecule has 0 unspecified atom stereocenters. The molecule has 0 radical (unpaired) electrons. The van der Waals surface area contributed by atoms with E-state index in [1.807, 2.05) is 29.2 Å². The maximum absolute atomic E-state index is 12.4. The van der Waals surface area contributed by atoms with Crippen molar-refractivity contribution in [3.63, 3.8) is 0 Å². The average molecular weight is 388 g/mol. The normalized spacial score (nSPS) is 17.2. The molecule has 10 heteroatoms. The van der Waals surface area contributed by atoms with Crippen LogP contribution in [0.1, 0.15) is 17.8 Å². The van der Waals surface area contributed by atoms with Crippen LogP contribution in [-0.2, 0) is 22.6 Å². The van der Waals surface area contributed by atoms with Crippen LogP contribution < -0.4 is 21.1 Å². The highest BCUT2D eigenvalue weighted by Crippen LogP contribution is 2.21. The van der Waals surface area contributed by atoms with Crippen LogP contribution in [0.5, 0.6) is 5.75 Å². The molecule has 3 rings (SSSR count). The van der Waals surface area contributed by atoms with Gasteiger partial charge in [-0.15, -0.1) is 0 Å². The topological polar surface area (TPSA) is 132 Å². The van der Waals surface area contributed by atoms with Gasteiger partial charge in [0.2, 0.25) is 11.8 Å². The minimum absolute atomic E-state index is 0.0536. The van der Waals surface area contributed by atoms with Crippen molar-refractivity contribution in [1.29, 1.82) is 0 Å². The number of benzene rings is 1. The predicted octanol–water partition coefficient (Wildman–Crippen LogP) is -0.844. The molecular weight excluding hydrogens is 364 g/mol. The van der Waals surface area contributed by atoms with Crippen molar-refractivity contribution in [2.24, 2.45) is 0 Å². The van der Waals surface area contributed by atoms with Crippen molar-refractivity contribution in [2.75, 3.05) is 26.7 Å². The van der Waals surface area contributed by atoms with Gasteiger partial charge in [0, 0.05) is 38.2 Å². The molecule has 2 heterocycles. The average Bonchev–Trinajstić information content (AvgIpc) is 3.10. The van der Waals surface area contributed by atoms with Crippen LogP contribution in [0.2, 0.25) is 0 Å². The number of ether oxygens (including phenoxy) is 1. The van der Waals surface area contributed by atoms with Crippen molar-refractivity contribution in [1.82, 2.24) is 30.7 Å². The largest absolute Gasteiger partial charge is 0.496 e. The van der Waals surface area contributed by atoms with E-state index in [-0.39, 0.29) is 23.9 Å². The molecule has 28 heavy (non-hydrogen) atoms. The molecule has 1 aromatic heterocycles. The molecule has 1 atom stereocenters. The quantitative estimate of drug-likeness (QED) is 0.466. The van der Waals surface area contributed by atoms with Gasteiger partial charge in [0.25, 0.3) is 0 Å². The second-order valence-corrected chi connectivity index (χ2v) is 6.52. The summed E-state index contributed by atoms with van der Waals surface area (Å²) in [7, 11) is 1.61. The summed E-state index contributed by atoms with van der Waals surface area (Å²) in [6.45, 7) is 2.03. The third-order valence-corrected chi connectivity index (χ3v) is 4.62. The Morgan fingerprint density at radius 3 is 2.93 bits per heavy atom. The van der Waals surface area contributed by atoms with Gasteiger partial charge in [-0.1, -0.05) is 18.2 Å². The van der Waals surface area contributed by atoms with Crippen molar-refractivity contribution in [3.05, 3.63) is 46.1 Å². The Morgan fingerprint density at radius 2 is 2.18 bits per heavy atom. The Morgan fingerprint density at radius 1 is 1.36 bits per heavy atom. The van der Waals surface area contributed by atoms with Crippen molar-refractivity contribution >= 4 is 11.8 Å². The number of amides is 2. The first-order valence-corrected chi connectivity index (χ1v) is 9.10. The lowest BCUT2D eigenvalue weighted by atomic mass is 10.1. The minimum atomic E-state index is -0.552. The van der Waals surface area contributed by atoms with Gasteiger partial charge in [-0.25, -0.2) is 9.89 Å². The molecule has 1 saturated heterocycles. The van der Waals surface area contributed by atoms with E-state index in [1.54, 1.807) is 7.11 Å². The van der Waals surface area contributed by atoms with Crippen LogP contribution in [0.3, 0.4) is 0 Å². The van der Waals surface area contributed by atoms with Gasteiger partial charge >= 0.3 is 5.69 Å². The minimum Gasteiger partial charge on any atom is -0.496 e. The number of H-pyrrole nitrogens is 2. The number of rotatable bonds is 8. The Labute approximate surface area is 161 Å². The third kappa shape index (κ3) is 4.97. The van der Waals surface area contributed by atoms with E-state index in [1.165, 1.54) is 0 Å². The number of carbonyl (C=O) groups is 2.